The number of benzene rings is 2. The summed E-state index contributed by atoms with van der Waals surface area (Å²) in [6.45, 7) is -0.303. The number of rotatable bonds is 5. The van der Waals surface area contributed by atoms with Gasteiger partial charge in [-0.25, -0.2) is 4.39 Å². The second kappa shape index (κ2) is 7.56. The van der Waals surface area contributed by atoms with E-state index in [1.54, 1.807) is 24.3 Å². The smallest absolute Gasteiger partial charge is 0.262 e. The zero-order chi connectivity index (χ0) is 15.9. The van der Waals surface area contributed by atoms with Crippen LogP contribution in [0.1, 0.15) is 5.56 Å². The molecule has 0 aliphatic heterocycles. The molecule has 0 aromatic heterocycles. The largest absolute Gasteiger partial charge is 0.483 e. The number of oxime groups is 1. The molecule has 1 amide bonds. The Kier molecular flexibility index (Phi) is 5.48. The van der Waals surface area contributed by atoms with Crippen molar-refractivity contribution in [3.05, 3.63) is 58.3 Å². The number of amides is 1. The number of carbonyl (C=O) groups is 1. The Morgan fingerprint density at radius 2 is 2.14 bits per heavy atom. The number of halogens is 2. The normalized spacial score (nSPS) is 10.6. The lowest BCUT2D eigenvalue weighted by Crippen LogP contribution is -2.21. The van der Waals surface area contributed by atoms with Gasteiger partial charge in [-0.2, -0.15) is 0 Å². The van der Waals surface area contributed by atoms with Gasteiger partial charge in [-0.1, -0.05) is 33.2 Å². The third-order valence-corrected chi connectivity index (χ3v) is 3.17. The molecule has 0 fully saturated rings. The molecule has 2 N–H and O–H groups in total. The highest BCUT2D eigenvalue weighted by Gasteiger charge is 2.09. The lowest BCUT2D eigenvalue weighted by atomic mass is 10.2. The van der Waals surface area contributed by atoms with E-state index in [1.165, 1.54) is 24.4 Å². The fourth-order valence-electron chi connectivity index (χ4n) is 1.71. The first-order chi connectivity index (χ1) is 10.6. The summed E-state index contributed by atoms with van der Waals surface area (Å²) in [5.74, 6) is -0.655. The van der Waals surface area contributed by atoms with Gasteiger partial charge in [-0.05, 0) is 30.3 Å². The average Bonchev–Trinajstić information content (AvgIpc) is 2.49. The first kappa shape index (κ1) is 16.0. The van der Waals surface area contributed by atoms with Crippen LogP contribution in [-0.2, 0) is 4.79 Å². The van der Waals surface area contributed by atoms with Gasteiger partial charge in [0, 0.05) is 10.0 Å². The van der Waals surface area contributed by atoms with Crippen LogP contribution in [-0.4, -0.2) is 23.9 Å². The van der Waals surface area contributed by atoms with Crippen molar-refractivity contribution < 1.29 is 19.1 Å². The molecule has 114 valence electrons. The van der Waals surface area contributed by atoms with Gasteiger partial charge in [0.2, 0.25) is 0 Å². The molecule has 22 heavy (non-hydrogen) atoms. The summed E-state index contributed by atoms with van der Waals surface area (Å²) in [6, 6.07) is 10.9. The quantitative estimate of drug-likeness (QED) is 0.483. The topological polar surface area (TPSA) is 70.9 Å². The van der Waals surface area contributed by atoms with Crippen LogP contribution >= 0.6 is 15.9 Å². The van der Waals surface area contributed by atoms with Crippen molar-refractivity contribution in [2.24, 2.45) is 5.16 Å². The van der Waals surface area contributed by atoms with Gasteiger partial charge in [-0.3, -0.25) is 4.79 Å². The Morgan fingerprint density at radius 1 is 1.36 bits per heavy atom. The molecule has 0 spiro atoms. The number of para-hydroxylation sites is 1. The number of hydrogen-bond acceptors (Lipinski definition) is 4. The highest BCUT2D eigenvalue weighted by Crippen LogP contribution is 2.22. The summed E-state index contributed by atoms with van der Waals surface area (Å²) in [4.78, 5) is 11.8. The third kappa shape index (κ3) is 4.29. The van der Waals surface area contributed by atoms with Crippen molar-refractivity contribution >= 4 is 33.7 Å². The van der Waals surface area contributed by atoms with Crippen LogP contribution in [0, 0.1) is 5.82 Å². The minimum atomic E-state index is -0.521. The molecule has 0 aliphatic carbocycles. The van der Waals surface area contributed by atoms with Gasteiger partial charge < -0.3 is 15.3 Å². The first-order valence-corrected chi connectivity index (χ1v) is 7.03. The van der Waals surface area contributed by atoms with Crippen LogP contribution in [0.5, 0.6) is 5.75 Å². The van der Waals surface area contributed by atoms with E-state index in [0.717, 1.165) is 4.47 Å². The number of hydrogen-bond donors (Lipinski definition) is 2. The number of ether oxygens (including phenoxy) is 1. The third-order valence-electron chi connectivity index (χ3n) is 2.68. The Balaban J connectivity index is 2.01. The number of nitrogens with one attached hydrogen (secondary N) is 1. The lowest BCUT2D eigenvalue weighted by Gasteiger charge is -2.10. The summed E-state index contributed by atoms with van der Waals surface area (Å²) in [6.07, 6.45) is 1.19. The van der Waals surface area contributed by atoms with Crippen LogP contribution < -0.4 is 10.1 Å². The molecule has 0 atom stereocenters. The standard InChI is InChI=1S/C15H12BrFN2O3/c16-11-5-6-14(10(7-11)8-18-21)22-9-15(20)19-13-4-2-1-3-12(13)17/h1-8,21H,9H2,(H,19,20). The number of nitrogens with zero attached hydrogens (tertiary/aromatic N) is 1. The maximum atomic E-state index is 13.4. The van der Waals surface area contributed by atoms with Gasteiger partial charge in [0.25, 0.3) is 5.91 Å². The van der Waals surface area contributed by atoms with Crippen molar-refractivity contribution in [2.75, 3.05) is 11.9 Å². The van der Waals surface area contributed by atoms with Crippen LogP contribution in [0.25, 0.3) is 0 Å². The summed E-state index contributed by atoms with van der Waals surface area (Å²) >= 11 is 3.28. The van der Waals surface area contributed by atoms with Crippen molar-refractivity contribution in [3.63, 3.8) is 0 Å². The number of carbonyl (C=O) groups excluding carboxylic acids is 1. The molecule has 0 saturated carbocycles. The summed E-state index contributed by atoms with van der Waals surface area (Å²) in [5, 5.41) is 14.0. The summed E-state index contributed by atoms with van der Waals surface area (Å²) in [5.41, 5.74) is 0.583. The Labute approximate surface area is 134 Å². The summed E-state index contributed by atoms with van der Waals surface area (Å²) in [7, 11) is 0. The minimum absolute atomic E-state index is 0.0871. The maximum absolute atomic E-state index is 13.4. The zero-order valence-electron chi connectivity index (χ0n) is 11.3. The van der Waals surface area contributed by atoms with E-state index in [0.29, 0.717) is 11.3 Å². The molecule has 0 aliphatic rings. The van der Waals surface area contributed by atoms with E-state index in [1.807, 2.05) is 0 Å². The zero-order valence-corrected chi connectivity index (χ0v) is 12.9. The lowest BCUT2D eigenvalue weighted by molar-refractivity contribution is -0.118. The van der Waals surface area contributed by atoms with Crippen LogP contribution in [0.2, 0.25) is 0 Å². The molecule has 7 heteroatoms. The monoisotopic (exact) mass is 366 g/mol. The molecule has 0 heterocycles. The highest BCUT2D eigenvalue weighted by atomic mass is 79.9. The summed E-state index contributed by atoms with van der Waals surface area (Å²) < 4.78 is 19.5. The van der Waals surface area contributed by atoms with Crippen LogP contribution in [0.4, 0.5) is 10.1 Å². The second-order valence-electron chi connectivity index (χ2n) is 4.24. The fraction of sp³-hybridized carbons (Fsp3) is 0.0667. The maximum Gasteiger partial charge on any atom is 0.262 e. The molecule has 5 nitrogen and oxygen atoms in total. The van der Waals surface area contributed by atoms with Gasteiger partial charge in [-0.15, -0.1) is 0 Å². The van der Waals surface area contributed by atoms with Gasteiger partial charge in [0.15, 0.2) is 6.61 Å². The minimum Gasteiger partial charge on any atom is -0.483 e. The number of anilines is 1. The molecule has 2 aromatic carbocycles. The van der Waals surface area contributed by atoms with Gasteiger partial charge in [0.1, 0.15) is 11.6 Å². The first-order valence-electron chi connectivity index (χ1n) is 6.24. The van der Waals surface area contributed by atoms with Crippen molar-refractivity contribution in [2.45, 2.75) is 0 Å². The molecule has 0 unspecified atom stereocenters. The van der Waals surface area contributed by atoms with Crippen molar-refractivity contribution in [1.82, 2.24) is 0 Å². The van der Waals surface area contributed by atoms with E-state index in [4.69, 9.17) is 9.94 Å². The van der Waals surface area contributed by atoms with Crippen LogP contribution in [0.15, 0.2) is 52.1 Å². The van der Waals surface area contributed by atoms with Gasteiger partial charge in [0.05, 0.1) is 11.9 Å². The van der Waals surface area contributed by atoms with Crippen LogP contribution in [0.3, 0.4) is 0 Å². The second-order valence-corrected chi connectivity index (χ2v) is 5.16. The molecule has 2 rings (SSSR count). The van der Waals surface area contributed by atoms with E-state index in [-0.39, 0.29) is 12.3 Å². The molecule has 0 bridgehead atoms. The molecular formula is C15H12BrFN2O3. The average molecular weight is 367 g/mol. The Bertz CT molecular complexity index is 707. The van der Waals surface area contributed by atoms with E-state index < -0.39 is 11.7 Å². The molecular weight excluding hydrogens is 355 g/mol. The van der Waals surface area contributed by atoms with Gasteiger partial charge >= 0.3 is 0 Å². The highest BCUT2D eigenvalue weighted by molar-refractivity contribution is 9.10. The van der Waals surface area contributed by atoms with E-state index in [2.05, 4.69) is 26.4 Å². The Morgan fingerprint density at radius 3 is 2.86 bits per heavy atom. The molecule has 0 radical (unpaired) electrons. The molecule has 2 aromatic rings. The van der Waals surface area contributed by atoms with Crippen molar-refractivity contribution in [1.29, 1.82) is 0 Å². The predicted octanol–water partition coefficient (Wildman–Crippen LogP) is 3.41. The SMILES string of the molecule is O=C(COc1ccc(Br)cc1C=NO)Nc1ccccc1F. The van der Waals surface area contributed by atoms with E-state index in [9.17, 15) is 9.18 Å². The van der Waals surface area contributed by atoms with Crippen molar-refractivity contribution in [3.8, 4) is 5.75 Å². The fourth-order valence-corrected chi connectivity index (χ4v) is 2.08. The molecule has 0 saturated heterocycles. The Hall–Kier alpha value is -2.41. The predicted molar refractivity (Wildman–Crippen MR) is 84.0 cm³/mol. The van der Waals surface area contributed by atoms with E-state index >= 15 is 0 Å².